The number of para-hydroxylation sites is 1. The summed E-state index contributed by atoms with van der Waals surface area (Å²) in [6, 6.07) is 27.1. The molecule has 1 aromatic heterocycles. The predicted octanol–water partition coefficient (Wildman–Crippen LogP) is 6.23. The van der Waals surface area contributed by atoms with Crippen LogP contribution in [-0.2, 0) is 35.8 Å². The number of aromatic nitrogens is 1. The van der Waals surface area contributed by atoms with Crippen LogP contribution in [0.3, 0.4) is 0 Å². The topological polar surface area (TPSA) is 144 Å². The SMILES string of the molecule is CCOC(=O)C1(C(=O)OCC)N[C@@H](c2ccc([N+](=O)[O-])cc2)c2[nH]c3ccccc3c2[C@]12C(=O)N(Cc1ccccc1)c1cc(Br)ccc12. The van der Waals surface area contributed by atoms with Crippen LogP contribution in [0.4, 0.5) is 11.4 Å². The fraction of sp³-hybridized carbons (Fsp3) is 0.216. The number of benzene rings is 4. The number of hydrogen-bond donors (Lipinski definition) is 2. The highest BCUT2D eigenvalue weighted by Crippen LogP contribution is 2.60. The fourth-order valence-corrected chi connectivity index (χ4v) is 7.74. The molecule has 12 heteroatoms. The van der Waals surface area contributed by atoms with Crippen molar-refractivity contribution in [3.05, 3.63) is 140 Å². The highest BCUT2D eigenvalue weighted by molar-refractivity contribution is 9.10. The van der Waals surface area contributed by atoms with Gasteiger partial charge >= 0.3 is 11.9 Å². The summed E-state index contributed by atoms with van der Waals surface area (Å²) in [6.07, 6.45) is 0. The Hall–Kier alpha value is -5.33. The summed E-state index contributed by atoms with van der Waals surface area (Å²) in [5.41, 5.74) is -0.743. The van der Waals surface area contributed by atoms with Gasteiger partial charge < -0.3 is 19.4 Å². The minimum atomic E-state index is -2.45. The molecule has 2 N–H and O–H groups in total. The van der Waals surface area contributed by atoms with Gasteiger partial charge in [0.25, 0.3) is 5.69 Å². The monoisotopic (exact) mass is 722 g/mol. The van der Waals surface area contributed by atoms with Crippen LogP contribution in [0.25, 0.3) is 10.9 Å². The number of fused-ring (bicyclic) bond motifs is 6. The molecular formula is C37H31BrN4O7. The Balaban J connectivity index is 1.63. The zero-order valence-electron chi connectivity index (χ0n) is 26.6. The van der Waals surface area contributed by atoms with Gasteiger partial charge in [-0.15, -0.1) is 0 Å². The number of carbonyl (C=O) groups is 3. The van der Waals surface area contributed by atoms with Gasteiger partial charge in [0.1, 0.15) is 5.41 Å². The van der Waals surface area contributed by atoms with Crippen molar-refractivity contribution in [1.29, 1.82) is 0 Å². The van der Waals surface area contributed by atoms with Crippen LogP contribution in [0.5, 0.6) is 0 Å². The van der Waals surface area contributed by atoms with E-state index in [-0.39, 0.29) is 25.4 Å². The summed E-state index contributed by atoms with van der Waals surface area (Å²) >= 11 is 3.58. The van der Waals surface area contributed by atoms with Crippen LogP contribution in [0, 0.1) is 10.1 Å². The highest BCUT2D eigenvalue weighted by Gasteiger charge is 2.76. The number of non-ortho nitro benzene ring substituents is 1. The molecule has 1 amide bonds. The van der Waals surface area contributed by atoms with Gasteiger partial charge in [0.2, 0.25) is 11.4 Å². The number of carbonyl (C=O) groups excluding carboxylic acids is 3. The molecule has 0 aliphatic carbocycles. The standard InChI is InChI=1S/C37H31BrN4O7/c1-3-48-34(44)37(35(45)49-4-2)36(27-19-16-24(38)20-29(27)41(33(36)43)21-22-10-6-5-7-11-22)30-26-12-8-9-13-28(26)39-32(30)31(40-37)23-14-17-25(18-15-23)42(46)47/h5-20,31,39-40H,3-4,21H2,1-2H3/t31-,36+/m0/s1. The molecule has 49 heavy (non-hydrogen) atoms. The van der Waals surface area contributed by atoms with Crippen LogP contribution in [0.15, 0.2) is 102 Å². The van der Waals surface area contributed by atoms with E-state index in [1.807, 2.05) is 60.7 Å². The van der Waals surface area contributed by atoms with Gasteiger partial charge in [-0.1, -0.05) is 82.7 Å². The lowest BCUT2D eigenvalue weighted by atomic mass is 9.57. The predicted molar refractivity (Wildman–Crippen MR) is 185 cm³/mol. The smallest absolute Gasteiger partial charge is 0.340 e. The summed E-state index contributed by atoms with van der Waals surface area (Å²) in [5.74, 6) is -2.49. The summed E-state index contributed by atoms with van der Waals surface area (Å²) in [5, 5.41) is 15.5. The normalized spacial score (nSPS) is 19.0. The first kappa shape index (κ1) is 32.2. The van der Waals surface area contributed by atoms with E-state index >= 15 is 4.79 Å². The van der Waals surface area contributed by atoms with Gasteiger partial charge in [-0.2, -0.15) is 0 Å². The maximum absolute atomic E-state index is 15.7. The van der Waals surface area contributed by atoms with Gasteiger partial charge in [0.15, 0.2) is 0 Å². The second-order valence-corrected chi connectivity index (χ2v) is 12.8. The summed E-state index contributed by atoms with van der Waals surface area (Å²) < 4.78 is 12.2. The minimum absolute atomic E-state index is 0.0875. The second kappa shape index (κ2) is 12.3. The molecule has 7 rings (SSSR count). The number of esters is 2. The van der Waals surface area contributed by atoms with E-state index in [0.717, 1.165) is 5.56 Å². The Labute approximate surface area is 289 Å². The molecule has 0 radical (unpaired) electrons. The van der Waals surface area contributed by atoms with Crippen molar-refractivity contribution >= 4 is 56.1 Å². The molecule has 11 nitrogen and oxygen atoms in total. The zero-order chi connectivity index (χ0) is 34.5. The first-order valence-corrected chi connectivity index (χ1v) is 16.6. The number of nitrogens with zero attached hydrogens (tertiary/aromatic N) is 2. The Morgan fingerprint density at radius 3 is 2.22 bits per heavy atom. The van der Waals surface area contributed by atoms with E-state index in [2.05, 4.69) is 26.2 Å². The van der Waals surface area contributed by atoms with Gasteiger partial charge in [0, 0.05) is 44.5 Å². The van der Waals surface area contributed by atoms with E-state index in [1.54, 1.807) is 43.0 Å². The van der Waals surface area contributed by atoms with Crippen molar-refractivity contribution in [2.24, 2.45) is 0 Å². The molecule has 0 fully saturated rings. The van der Waals surface area contributed by atoms with Crippen molar-refractivity contribution in [3.63, 3.8) is 0 Å². The first-order chi connectivity index (χ1) is 23.7. The molecule has 1 spiro atoms. The number of H-pyrrole nitrogens is 1. The third-order valence-electron chi connectivity index (χ3n) is 9.33. The number of nitrogens with one attached hydrogen (secondary N) is 2. The largest absolute Gasteiger partial charge is 0.464 e. The lowest BCUT2D eigenvalue weighted by Crippen LogP contribution is -2.76. The van der Waals surface area contributed by atoms with Crippen LogP contribution in [0.2, 0.25) is 0 Å². The molecule has 5 aromatic rings. The lowest BCUT2D eigenvalue weighted by molar-refractivity contribution is -0.384. The number of nitro groups is 1. The third kappa shape index (κ3) is 4.69. The first-order valence-electron chi connectivity index (χ1n) is 15.8. The maximum atomic E-state index is 15.7. The number of aromatic amines is 1. The highest BCUT2D eigenvalue weighted by atomic mass is 79.9. The number of halogens is 1. The maximum Gasteiger partial charge on any atom is 0.340 e. The summed E-state index contributed by atoms with van der Waals surface area (Å²) in [6.45, 7) is 3.22. The number of anilines is 1. The minimum Gasteiger partial charge on any atom is -0.464 e. The van der Waals surface area contributed by atoms with Gasteiger partial charge in [-0.05, 0) is 48.7 Å². The third-order valence-corrected chi connectivity index (χ3v) is 9.82. The Morgan fingerprint density at radius 2 is 1.57 bits per heavy atom. The molecule has 2 aliphatic heterocycles. The lowest BCUT2D eigenvalue weighted by Gasteiger charge is -2.49. The number of rotatable bonds is 8. The number of ether oxygens (including phenoxy) is 2. The molecule has 2 aliphatic rings. The van der Waals surface area contributed by atoms with Crippen molar-refractivity contribution in [3.8, 4) is 0 Å². The molecule has 0 unspecified atom stereocenters. The Morgan fingerprint density at radius 1 is 0.918 bits per heavy atom. The van der Waals surface area contributed by atoms with Crippen molar-refractivity contribution < 1.29 is 28.8 Å². The van der Waals surface area contributed by atoms with Gasteiger partial charge in [-0.3, -0.25) is 20.2 Å². The van der Waals surface area contributed by atoms with Crippen molar-refractivity contribution in [2.75, 3.05) is 18.1 Å². The van der Waals surface area contributed by atoms with E-state index in [4.69, 9.17) is 9.47 Å². The van der Waals surface area contributed by atoms with E-state index < -0.39 is 39.8 Å². The molecule has 0 saturated carbocycles. The molecular weight excluding hydrogens is 692 g/mol. The zero-order valence-corrected chi connectivity index (χ0v) is 28.2. The van der Waals surface area contributed by atoms with E-state index in [0.29, 0.717) is 43.4 Å². The fourth-order valence-electron chi connectivity index (χ4n) is 7.39. The van der Waals surface area contributed by atoms with Crippen LogP contribution >= 0.6 is 15.9 Å². The molecule has 3 heterocycles. The molecule has 0 bridgehead atoms. The van der Waals surface area contributed by atoms with E-state index in [1.165, 1.54) is 12.1 Å². The average molecular weight is 724 g/mol. The van der Waals surface area contributed by atoms with Crippen LogP contribution < -0.4 is 10.2 Å². The van der Waals surface area contributed by atoms with Crippen molar-refractivity contribution in [1.82, 2.24) is 10.3 Å². The second-order valence-electron chi connectivity index (χ2n) is 11.9. The van der Waals surface area contributed by atoms with Gasteiger partial charge in [0.05, 0.1) is 30.7 Å². The van der Waals surface area contributed by atoms with Crippen LogP contribution in [-0.4, -0.2) is 46.5 Å². The molecule has 2 atom stereocenters. The summed E-state index contributed by atoms with van der Waals surface area (Å²) in [7, 11) is 0. The van der Waals surface area contributed by atoms with E-state index in [9.17, 15) is 19.7 Å². The summed E-state index contributed by atoms with van der Waals surface area (Å²) in [4.78, 5) is 61.5. The van der Waals surface area contributed by atoms with Gasteiger partial charge in [-0.25, -0.2) is 9.59 Å². The number of nitro benzene ring substituents is 1. The molecule has 248 valence electrons. The molecule has 4 aromatic carbocycles. The number of amides is 1. The molecule has 0 saturated heterocycles. The average Bonchev–Trinajstić information content (AvgIpc) is 3.60. The Bertz CT molecular complexity index is 2110. The number of hydrogen-bond acceptors (Lipinski definition) is 8. The Kier molecular flexibility index (Phi) is 8.08. The quantitative estimate of drug-likeness (QED) is 0.0831. The van der Waals surface area contributed by atoms with Crippen molar-refractivity contribution in [2.45, 2.75) is 37.4 Å². The van der Waals surface area contributed by atoms with Crippen LogP contribution in [0.1, 0.15) is 47.8 Å².